The second-order valence-corrected chi connectivity index (χ2v) is 6.73. The molecule has 0 aliphatic rings. The van der Waals surface area contributed by atoms with Crippen LogP contribution in [-0.4, -0.2) is 9.36 Å². The maximum atomic E-state index is 13.5. The topological polar surface area (TPSA) is 26.9 Å². The molecule has 0 unspecified atom stereocenters. The van der Waals surface area contributed by atoms with Crippen LogP contribution in [0.3, 0.4) is 0 Å². The van der Waals surface area contributed by atoms with Gasteiger partial charge >= 0.3 is 0 Å². The number of hydrogen-bond donors (Lipinski definition) is 0. The van der Waals surface area contributed by atoms with Crippen LogP contribution in [0.2, 0.25) is 0 Å². The van der Waals surface area contributed by atoms with Crippen molar-refractivity contribution in [3.8, 4) is 5.69 Å². The summed E-state index contributed by atoms with van der Waals surface area (Å²) in [6.07, 6.45) is 0. The number of aromatic nitrogens is 2. The predicted molar refractivity (Wildman–Crippen MR) is 110 cm³/mol. The zero-order valence-electron chi connectivity index (χ0n) is 15.5. The highest BCUT2D eigenvalue weighted by atomic mass is 16.1. The summed E-state index contributed by atoms with van der Waals surface area (Å²) in [4.78, 5) is 13.5. The van der Waals surface area contributed by atoms with Gasteiger partial charge in [0.1, 0.15) is 0 Å². The molecule has 0 radical (unpaired) electrons. The summed E-state index contributed by atoms with van der Waals surface area (Å²) in [5.41, 5.74) is 4.93. The predicted octanol–water partition coefficient (Wildman–Crippen LogP) is 4.66. The number of nitrogens with zero attached hydrogens (tertiary/aromatic N) is 2. The Morgan fingerprint density at radius 1 is 0.704 bits per heavy atom. The Morgan fingerprint density at radius 3 is 1.63 bits per heavy atom. The van der Waals surface area contributed by atoms with Crippen LogP contribution in [0.4, 0.5) is 0 Å². The Labute approximate surface area is 159 Å². The number of benzene rings is 3. The Bertz CT molecular complexity index is 1050. The van der Waals surface area contributed by atoms with Crippen LogP contribution >= 0.6 is 0 Å². The van der Waals surface area contributed by atoms with Gasteiger partial charge in [-0.15, -0.1) is 0 Å². The standard InChI is InChI=1S/C24H22N2O/c1-18-22(24(27)26(25(18)2)21-16-10-5-11-17-21)23(19-12-6-3-7-13-19)20-14-8-4-9-15-20/h3-17,23H,1-2H3. The third-order valence-corrected chi connectivity index (χ3v) is 5.15. The van der Waals surface area contributed by atoms with Gasteiger partial charge in [-0.25, -0.2) is 4.68 Å². The fourth-order valence-electron chi connectivity index (χ4n) is 3.74. The molecular formula is C24H22N2O. The second kappa shape index (κ2) is 7.12. The van der Waals surface area contributed by atoms with Crippen molar-refractivity contribution in [1.29, 1.82) is 0 Å². The van der Waals surface area contributed by atoms with E-state index >= 15 is 0 Å². The Kier molecular flexibility index (Phi) is 4.51. The minimum atomic E-state index is -0.101. The van der Waals surface area contributed by atoms with Gasteiger partial charge < -0.3 is 0 Å². The fraction of sp³-hybridized carbons (Fsp3) is 0.125. The molecule has 0 aliphatic carbocycles. The molecule has 4 rings (SSSR count). The lowest BCUT2D eigenvalue weighted by atomic mass is 9.85. The van der Waals surface area contributed by atoms with Crippen molar-refractivity contribution in [3.63, 3.8) is 0 Å². The summed E-state index contributed by atoms with van der Waals surface area (Å²) in [6, 6.07) is 30.3. The van der Waals surface area contributed by atoms with Gasteiger partial charge in [-0.1, -0.05) is 78.9 Å². The largest absolute Gasteiger partial charge is 0.285 e. The Hall–Kier alpha value is -3.33. The van der Waals surface area contributed by atoms with E-state index in [2.05, 4.69) is 24.3 Å². The van der Waals surface area contributed by atoms with Gasteiger partial charge in [-0.3, -0.25) is 9.48 Å². The Balaban J connectivity index is 1.99. The summed E-state index contributed by atoms with van der Waals surface area (Å²) >= 11 is 0. The van der Waals surface area contributed by atoms with Gasteiger partial charge in [-0.2, -0.15) is 0 Å². The molecule has 3 aromatic carbocycles. The first-order valence-corrected chi connectivity index (χ1v) is 9.12. The molecule has 3 nitrogen and oxygen atoms in total. The normalized spacial score (nSPS) is 11.1. The van der Waals surface area contributed by atoms with E-state index in [9.17, 15) is 4.79 Å². The summed E-state index contributed by atoms with van der Waals surface area (Å²) in [6.45, 7) is 2.02. The molecule has 0 atom stereocenters. The molecule has 3 heteroatoms. The van der Waals surface area contributed by atoms with Crippen molar-refractivity contribution < 1.29 is 0 Å². The van der Waals surface area contributed by atoms with Gasteiger partial charge in [0, 0.05) is 18.7 Å². The van der Waals surface area contributed by atoms with E-state index in [0.29, 0.717) is 0 Å². The second-order valence-electron chi connectivity index (χ2n) is 6.73. The van der Waals surface area contributed by atoms with E-state index in [1.807, 2.05) is 85.4 Å². The fourth-order valence-corrected chi connectivity index (χ4v) is 3.74. The van der Waals surface area contributed by atoms with E-state index < -0.39 is 0 Å². The molecule has 0 fully saturated rings. The molecule has 1 heterocycles. The lowest BCUT2D eigenvalue weighted by Gasteiger charge is -2.17. The maximum Gasteiger partial charge on any atom is 0.275 e. The van der Waals surface area contributed by atoms with Crippen LogP contribution < -0.4 is 5.56 Å². The Morgan fingerprint density at radius 2 is 1.15 bits per heavy atom. The van der Waals surface area contributed by atoms with Crippen molar-refractivity contribution >= 4 is 0 Å². The van der Waals surface area contributed by atoms with Gasteiger partial charge in [0.2, 0.25) is 0 Å². The van der Waals surface area contributed by atoms with Crippen LogP contribution in [0, 0.1) is 6.92 Å². The van der Waals surface area contributed by atoms with Crippen LogP contribution in [-0.2, 0) is 7.05 Å². The van der Waals surface area contributed by atoms with Crippen LogP contribution in [0.1, 0.15) is 28.3 Å². The van der Waals surface area contributed by atoms with E-state index in [1.54, 1.807) is 4.68 Å². The van der Waals surface area contributed by atoms with Crippen LogP contribution in [0.25, 0.3) is 5.69 Å². The van der Waals surface area contributed by atoms with Gasteiger partial charge in [0.05, 0.1) is 11.3 Å². The lowest BCUT2D eigenvalue weighted by molar-refractivity contribution is 0.630. The minimum absolute atomic E-state index is 0.0268. The highest BCUT2D eigenvalue weighted by Crippen LogP contribution is 2.32. The van der Waals surface area contributed by atoms with Gasteiger partial charge in [0.15, 0.2) is 0 Å². The first kappa shape index (κ1) is 17.1. The zero-order valence-corrected chi connectivity index (χ0v) is 15.5. The summed E-state index contributed by atoms with van der Waals surface area (Å²) < 4.78 is 3.70. The molecule has 1 aromatic heterocycles. The van der Waals surface area contributed by atoms with Crippen molar-refractivity contribution in [2.75, 3.05) is 0 Å². The van der Waals surface area contributed by atoms with Crippen LogP contribution in [0.5, 0.6) is 0 Å². The molecule has 0 N–H and O–H groups in total. The average Bonchev–Trinajstić information content (AvgIpc) is 2.94. The van der Waals surface area contributed by atoms with Crippen molar-refractivity contribution in [3.05, 3.63) is 124 Å². The minimum Gasteiger partial charge on any atom is -0.285 e. The molecule has 0 bridgehead atoms. The third-order valence-electron chi connectivity index (χ3n) is 5.15. The van der Waals surface area contributed by atoms with Crippen molar-refractivity contribution in [2.45, 2.75) is 12.8 Å². The third kappa shape index (κ3) is 3.02. The quantitative estimate of drug-likeness (QED) is 0.523. The van der Waals surface area contributed by atoms with E-state index in [-0.39, 0.29) is 11.5 Å². The molecule has 134 valence electrons. The molecule has 0 spiro atoms. The van der Waals surface area contributed by atoms with E-state index in [1.165, 1.54) is 0 Å². The first-order valence-electron chi connectivity index (χ1n) is 9.12. The summed E-state index contributed by atoms with van der Waals surface area (Å²) in [7, 11) is 1.94. The average molecular weight is 354 g/mol. The van der Waals surface area contributed by atoms with Gasteiger partial charge in [0.25, 0.3) is 5.56 Å². The molecule has 27 heavy (non-hydrogen) atoms. The monoisotopic (exact) mass is 354 g/mol. The van der Waals surface area contributed by atoms with E-state index in [4.69, 9.17) is 0 Å². The van der Waals surface area contributed by atoms with Crippen molar-refractivity contribution in [2.24, 2.45) is 7.05 Å². The smallest absolute Gasteiger partial charge is 0.275 e. The zero-order chi connectivity index (χ0) is 18.8. The molecule has 0 amide bonds. The SMILES string of the molecule is Cc1c(C(c2ccccc2)c2ccccc2)c(=O)n(-c2ccccc2)n1C. The summed E-state index contributed by atoms with van der Waals surface area (Å²) in [5.74, 6) is -0.101. The number of hydrogen-bond acceptors (Lipinski definition) is 1. The highest BCUT2D eigenvalue weighted by molar-refractivity contribution is 5.45. The first-order chi connectivity index (χ1) is 13.2. The highest BCUT2D eigenvalue weighted by Gasteiger charge is 2.26. The van der Waals surface area contributed by atoms with Gasteiger partial charge in [-0.05, 0) is 30.2 Å². The maximum absolute atomic E-state index is 13.5. The summed E-state index contributed by atoms with van der Waals surface area (Å²) in [5, 5.41) is 0. The number of para-hydroxylation sites is 1. The number of rotatable bonds is 4. The molecule has 0 saturated carbocycles. The van der Waals surface area contributed by atoms with E-state index in [0.717, 1.165) is 28.1 Å². The molecule has 0 saturated heterocycles. The molecular weight excluding hydrogens is 332 g/mol. The van der Waals surface area contributed by atoms with Crippen LogP contribution in [0.15, 0.2) is 95.8 Å². The molecule has 0 aliphatic heterocycles. The van der Waals surface area contributed by atoms with Crippen molar-refractivity contribution in [1.82, 2.24) is 9.36 Å². The molecule has 4 aromatic rings. The lowest BCUT2D eigenvalue weighted by Crippen LogP contribution is -2.22.